The highest BCUT2D eigenvalue weighted by atomic mass is 16.5. The van der Waals surface area contributed by atoms with Crippen molar-refractivity contribution in [1.29, 1.82) is 0 Å². The second-order valence-electron chi connectivity index (χ2n) is 14.2. The lowest BCUT2D eigenvalue weighted by atomic mass is 9.61. The molecule has 1 aromatic heterocycles. The summed E-state index contributed by atoms with van der Waals surface area (Å²) in [6, 6.07) is 47.7. The van der Waals surface area contributed by atoms with E-state index in [9.17, 15) is 0 Å². The van der Waals surface area contributed by atoms with Crippen molar-refractivity contribution in [3.63, 3.8) is 0 Å². The first-order valence-corrected chi connectivity index (χ1v) is 18.0. The van der Waals surface area contributed by atoms with E-state index in [-0.39, 0.29) is 11.5 Å². The fraction of sp³-hybridized carbons (Fsp3) is 0.125. The molecule has 3 aliphatic carbocycles. The van der Waals surface area contributed by atoms with Crippen LogP contribution in [0.4, 0.5) is 0 Å². The summed E-state index contributed by atoms with van der Waals surface area (Å²) in [5, 5.41) is 9.02. The van der Waals surface area contributed by atoms with Crippen LogP contribution in [0.2, 0.25) is 0 Å². The van der Waals surface area contributed by atoms with E-state index < -0.39 is 0 Å². The predicted molar refractivity (Wildman–Crippen MR) is 207 cm³/mol. The van der Waals surface area contributed by atoms with Gasteiger partial charge in [-0.2, -0.15) is 0 Å². The fourth-order valence-electron chi connectivity index (χ4n) is 8.75. The molecule has 3 atom stereocenters. The van der Waals surface area contributed by atoms with Crippen LogP contribution in [0, 0.1) is 5.92 Å². The van der Waals surface area contributed by atoms with Gasteiger partial charge in [-0.15, -0.1) is 10.2 Å². The molecule has 5 aromatic carbocycles. The largest absolute Gasteiger partial charge is 0.485 e. The summed E-state index contributed by atoms with van der Waals surface area (Å²) < 4.78 is 6.93. The molecule has 51 heavy (non-hydrogen) atoms. The molecule has 0 saturated heterocycles. The number of aromatic nitrogens is 2. The van der Waals surface area contributed by atoms with Crippen molar-refractivity contribution in [2.24, 2.45) is 5.92 Å². The quantitative estimate of drug-likeness (QED) is 0.189. The van der Waals surface area contributed by atoms with E-state index in [0.29, 0.717) is 5.92 Å². The van der Waals surface area contributed by atoms with Crippen molar-refractivity contribution >= 4 is 5.57 Å². The molecule has 0 amide bonds. The number of hydrogen-bond donors (Lipinski definition) is 0. The van der Waals surface area contributed by atoms with E-state index in [0.717, 1.165) is 52.2 Å². The Morgan fingerprint density at radius 3 is 2.10 bits per heavy atom. The van der Waals surface area contributed by atoms with Gasteiger partial charge in [0.25, 0.3) is 0 Å². The normalized spacial score (nSPS) is 21.0. The minimum atomic E-state index is -0.347. The van der Waals surface area contributed by atoms with E-state index in [1.807, 2.05) is 30.3 Å². The molecule has 3 heteroatoms. The topological polar surface area (TPSA) is 35.0 Å². The first-order valence-electron chi connectivity index (χ1n) is 18.0. The van der Waals surface area contributed by atoms with Crippen LogP contribution in [0.25, 0.3) is 50.3 Å². The van der Waals surface area contributed by atoms with Crippen LogP contribution < -0.4 is 4.74 Å². The smallest absolute Gasteiger partial charge is 0.125 e. The number of allylic oxidation sites excluding steroid dienone is 6. The van der Waals surface area contributed by atoms with Crippen molar-refractivity contribution in [3.05, 3.63) is 192 Å². The number of nitrogens with zero attached hydrogens (tertiary/aromatic N) is 2. The average Bonchev–Trinajstić information content (AvgIpc) is 3.48. The molecule has 6 aromatic rings. The van der Waals surface area contributed by atoms with Gasteiger partial charge in [-0.25, -0.2) is 0 Å². The maximum absolute atomic E-state index is 6.93. The highest BCUT2D eigenvalue weighted by Gasteiger charge is 2.54. The lowest BCUT2D eigenvalue weighted by Gasteiger charge is -2.46. The minimum Gasteiger partial charge on any atom is -0.485 e. The van der Waals surface area contributed by atoms with Gasteiger partial charge in [-0.3, -0.25) is 0 Å². The number of fused-ring (bicyclic) bond motifs is 8. The first kappa shape index (κ1) is 29.8. The third-order valence-electron chi connectivity index (χ3n) is 11.1. The fourth-order valence-corrected chi connectivity index (χ4v) is 8.75. The highest BCUT2D eigenvalue weighted by Crippen LogP contribution is 2.62. The number of hydrogen-bond acceptors (Lipinski definition) is 3. The molecule has 10 rings (SSSR count). The number of ether oxygens (including phenoxy) is 1. The van der Waals surface area contributed by atoms with Gasteiger partial charge in [0.15, 0.2) is 0 Å². The van der Waals surface area contributed by atoms with Gasteiger partial charge in [0.05, 0.1) is 16.8 Å². The average molecular weight is 657 g/mol. The standard InChI is InChI=1S/C48H36N2O/c1-31-18-24-41-39(28-31)38-14-5-6-15-40(38)48(41)42-16-7-8-17-46(42)51-47-30-37(23-25-43(47)48)36-13-9-12-35(29-36)32-19-21-34(22-20-32)45-27-26-44(49-50-45)33-10-3-2-4-11-33/h2-16,18-27,29-31,46H,17,28H2,1H3. The molecular weight excluding hydrogens is 621 g/mol. The molecule has 0 N–H and O–H groups in total. The van der Waals surface area contributed by atoms with Crippen LogP contribution in [-0.4, -0.2) is 16.3 Å². The maximum Gasteiger partial charge on any atom is 0.125 e. The summed E-state index contributed by atoms with van der Waals surface area (Å²) in [6.07, 6.45) is 13.5. The van der Waals surface area contributed by atoms with Crippen molar-refractivity contribution in [2.75, 3.05) is 0 Å². The van der Waals surface area contributed by atoms with Crippen LogP contribution in [0.5, 0.6) is 5.75 Å². The van der Waals surface area contributed by atoms with Gasteiger partial charge >= 0.3 is 0 Å². The van der Waals surface area contributed by atoms with Gasteiger partial charge in [0.2, 0.25) is 0 Å². The molecule has 1 aliphatic heterocycles. The lowest BCUT2D eigenvalue weighted by molar-refractivity contribution is 0.205. The number of benzene rings is 5. The molecule has 4 aliphatic rings. The van der Waals surface area contributed by atoms with E-state index >= 15 is 0 Å². The van der Waals surface area contributed by atoms with Gasteiger partial charge < -0.3 is 4.74 Å². The highest BCUT2D eigenvalue weighted by molar-refractivity contribution is 5.90. The third-order valence-corrected chi connectivity index (χ3v) is 11.1. The monoisotopic (exact) mass is 656 g/mol. The van der Waals surface area contributed by atoms with Crippen molar-refractivity contribution in [2.45, 2.75) is 31.3 Å². The molecule has 3 unspecified atom stereocenters. The summed E-state index contributed by atoms with van der Waals surface area (Å²) in [5.74, 6) is 1.50. The van der Waals surface area contributed by atoms with E-state index in [1.165, 1.54) is 44.5 Å². The maximum atomic E-state index is 6.93. The second-order valence-corrected chi connectivity index (χ2v) is 14.2. The molecule has 1 spiro atoms. The second kappa shape index (κ2) is 11.8. The Hall–Kier alpha value is -6.06. The summed E-state index contributed by atoms with van der Waals surface area (Å²) in [5.41, 5.74) is 16.4. The summed E-state index contributed by atoms with van der Waals surface area (Å²) in [4.78, 5) is 0. The Morgan fingerprint density at radius 2 is 1.29 bits per heavy atom. The van der Waals surface area contributed by atoms with E-state index in [4.69, 9.17) is 4.74 Å². The molecule has 0 bridgehead atoms. The van der Waals surface area contributed by atoms with Gasteiger partial charge in [0, 0.05) is 23.1 Å². The SMILES string of the molecule is CC1C=CC2=C(C1)c1ccccc1C21C2=CC=CCC2Oc2cc(-c3cccc(-c4ccc(-c5ccc(-c6ccccc6)nn5)cc4)c3)ccc21. The van der Waals surface area contributed by atoms with Crippen LogP contribution in [0.3, 0.4) is 0 Å². The zero-order valence-corrected chi connectivity index (χ0v) is 28.5. The van der Waals surface area contributed by atoms with Crippen LogP contribution in [-0.2, 0) is 5.41 Å². The van der Waals surface area contributed by atoms with Crippen molar-refractivity contribution < 1.29 is 4.74 Å². The van der Waals surface area contributed by atoms with Crippen molar-refractivity contribution in [1.82, 2.24) is 10.2 Å². The van der Waals surface area contributed by atoms with Crippen LogP contribution in [0.1, 0.15) is 36.5 Å². The predicted octanol–water partition coefficient (Wildman–Crippen LogP) is 11.4. The minimum absolute atomic E-state index is 0.00511. The van der Waals surface area contributed by atoms with E-state index in [2.05, 4.69) is 151 Å². The molecule has 244 valence electrons. The zero-order valence-electron chi connectivity index (χ0n) is 28.5. The Balaban J connectivity index is 1.00. The molecule has 0 radical (unpaired) electrons. The van der Waals surface area contributed by atoms with Crippen LogP contribution in [0.15, 0.2) is 175 Å². The van der Waals surface area contributed by atoms with E-state index in [1.54, 1.807) is 0 Å². The lowest BCUT2D eigenvalue weighted by Crippen LogP contribution is -2.43. The van der Waals surface area contributed by atoms with Crippen LogP contribution >= 0.6 is 0 Å². The van der Waals surface area contributed by atoms with Crippen molar-refractivity contribution in [3.8, 4) is 50.5 Å². The Morgan fingerprint density at radius 1 is 0.627 bits per heavy atom. The molecule has 0 saturated carbocycles. The van der Waals surface area contributed by atoms with Gasteiger partial charge in [-0.1, -0.05) is 146 Å². The van der Waals surface area contributed by atoms with Gasteiger partial charge in [0.1, 0.15) is 11.9 Å². The number of rotatable bonds is 4. The first-order chi connectivity index (χ1) is 25.2. The molecule has 3 nitrogen and oxygen atoms in total. The molecule has 0 fully saturated rings. The third kappa shape index (κ3) is 4.72. The summed E-state index contributed by atoms with van der Waals surface area (Å²) in [7, 11) is 0. The Bertz CT molecular complexity index is 2450. The Labute approximate surface area is 299 Å². The van der Waals surface area contributed by atoms with Gasteiger partial charge in [-0.05, 0) is 86.7 Å². The zero-order chi connectivity index (χ0) is 33.9. The Kier molecular flexibility index (Phi) is 6.89. The summed E-state index contributed by atoms with van der Waals surface area (Å²) in [6.45, 7) is 2.32. The molecular formula is C48H36N2O. The summed E-state index contributed by atoms with van der Waals surface area (Å²) >= 11 is 0. The molecule has 2 heterocycles.